The normalized spacial score (nSPS) is 23.0. The van der Waals surface area contributed by atoms with Crippen molar-refractivity contribution < 1.29 is 17.7 Å². The van der Waals surface area contributed by atoms with Gasteiger partial charge in [0.05, 0.1) is 12.3 Å². The largest absolute Gasteiger partial charge is 0.353 e. The Morgan fingerprint density at radius 3 is 2.75 bits per heavy atom. The Kier molecular flexibility index (Phi) is 5.19. The van der Waals surface area contributed by atoms with Crippen molar-refractivity contribution in [2.24, 2.45) is 0 Å². The molecule has 0 spiro atoms. The van der Waals surface area contributed by atoms with Crippen LogP contribution >= 0.6 is 0 Å². The summed E-state index contributed by atoms with van der Waals surface area (Å²) in [4.78, 5) is 16.2. The van der Waals surface area contributed by atoms with E-state index in [1.54, 1.807) is 0 Å². The fraction of sp³-hybridized carbons (Fsp3) is 0.800. The molecule has 1 atom stereocenters. The lowest BCUT2D eigenvalue weighted by Gasteiger charge is -2.18. The number of hydrogen-bond donors (Lipinski definition) is 1. The molecule has 1 N–H and O–H groups in total. The van der Waals surface area contributed by atoms with Crippen LogP contribution < -0.4 is 5.32 Å². The fourth-order valence-corrected chi connectivity index (χ4v) is 4.61. The van der Waals surface area contributed by atoms with Gasteiger partial charge >= 0.3 is 0 Å². The molecule has 134 valence electrons. The first kappa shape index (κ1) is 17.3. The summed E-state index contributed by atoms with van der Waals surface area (Å²) in [7, 11) is -3.28. The highest BCUT2D eigenvalue weighted by Gasteiger charge is 2.35. The molecular formula is C15H24N4O4S. The van der Waals surface area contributed by atoms with Gasteiger partial charge in [0.15, 0.2) is 5.82 Å². The van der Waals surface area contributed by atoms with E-state index in [9.17, 15) is 13.2 Å². The first-order valence-corrected chi connectivity index (χ1v) is 10.4. The SMILES string of the molecule is CS(=O)(=O)N1CCCC1c1noc(CCC(=O)NC2CCCC2)n1. The second-order valence-electron chi connectivity index (χ2n) is 6.63. The highest BCUT2D eigenvalue weighted by atomic mass is 32.2. The quantitative estimate of drug-likeness (QED) is 0.820. The fourth-order valence-electron chi connectivity index (χ4n) is 3.49. The van der Waals surface area contributed by atoms with Crippen molar-refractivity contribution in [2.75, 3.05) is 12.8 Å². The van der Waals surface area contributed by atoms with Crippen LogP contribution in [0.4, 0.5) is 0 Å². The smallest absolute Gasteiger partial charge is 0.227 e. The van der Waals surface area contributed by atoms with Crippen molar-refractivity contribution in [3.63, 3.8) is 0 Å². The average molecular weight is 356 g/mol. The summed E-state index contributed by atoms with van der Waals surface area (Å²) in [6, 6.07) is -0.0534. The van der Waals surface area contributed by atoms with Crippen molar-refractivity contribution in [2.45, 2.75) is 63.5 Å². The molecule has 0 radical (unpaired) electrons. The molecule has 1 amide bonds. The standard InChI is InChI=1S/C15H24N4O4S/c1-24(21,22)19-10-4-7-12(19)15-17-14(23-18-15)9-8-13(20)16-11-5-2-3-6-11/h11-12H,2-10H2,1H3,(H,16,20). The molecular weight excluding hydrogens is 332 g/mol. The molecule has 1 saturated carbocycles. The number of aromatic nitrogens is 2. The minimum Gasteiger partial charge on any atom is -0.353 e. The molecule has 1 unspecified atom stereocenters. The van der Waals surface area contributed by atoms with Crippen LogP contribution in [0.1, 0.15) is 62.7 Å². The number of nitrogens with zero attached hydrogens (tertiary/aromatic N) is 3. The summed E-state index contributed by atoms with van der Waals surface area (Å²) in [5.74, 6) is 0.774. The van der Waals surface area contributed by atoms with E-state index < -0.39 is 10.0 Å². The number of nitrogens with one attached hydrogen (secondary N) is 1. The average Bonchev–Trinajstić information content (AvgIpc) is 3.24. The van der Waals surface area contributed by atoms with Crippen molar-refractivity contribution in [1.82, 2.24) is 19.8 Å². The molecule has 1 aliphatic heterocycles. The number of aryl methyl sites for hydroxylation is 1. The third-order valence-corrected chi connectivity index (χ3v) is 5.99. The highest BCUT2D eigenvalue weighted by Crippen LogP contribution is 2.32. The molecule has 0 bridgehead atoms. The van der Waals surface area contributed by atoms with Crippen LogP contribution in [0.25, 0.3) is 0 Å². The Hall–Kier alpha value is -1.48. The summed E-state index contributed by atoms with van der Waals surface area (Å²) in [5.41, 5.74) is 0. The third-order valence-electron chi connectivity index (χ3n) is 4.70. The monoisotopic (exact) mass is 356 g/mol. The highest BCUT2D eigenvalue weighted by molar-refractivity contribution is 7.88. The summed E-state index contributed by atoms with van der Waals surface area (Å²) in [6.07, 6.45) is 7.81. The van der Waals surface area contributed by atoms with Gasteiger partial charge in [0.1, 0.15) is 0 Å². The van der Waals surface area contributed by atoms with Gasteiger partial charge in [-0.05, 0) is 25.7 Å². The Morgan fingerprint density at radius 1 is 1.29 bits per heavy atom. The van der Waals surface area contributed by atoms with Gasteiger partial charge in [-0.25, -0.2) is 8.42 Å². The molecule has 0 aromatic carbocycles. The topological polar surface area (TPSA) is 105 Å². The van der Waals surface area contributed by atoms with Crippen LogP contribution in [0.5, 0.6) is 0 Å². The minimum atomic E-state index is -3.28. The molecule has 8 nitrogen and oxygen atoms in total. The molecule has 2 heterocycles. The van der Waals surface area contributed by atoms with Gasteiger partial charge < -0.3 is 9.84 Å². The molecule has 2 fully saturated rings. The van der Waals surface area contributed by atoms with Crippen LogP contribution in [0.15, 0.2) is 4.52 Å². The summed E-state index contributed by atoms with van der Waals surface area (Å²) in [6.45, 7) is 0.483. The predicted molar refractivity (Wildman–Crippen MR) is 86.5 cm³/mol. The van der Waals surface area contributed by atoms with E-state index in [4.69, 9.17) is 4.52 Å². The Bertz CT molecular complexity index is 681. The van der Waals surface area contributed by atoms with E-state index in [0.717, 1.165) is 19.3 Å². The molecule has 2 aliphatic rings. The molecule has 3 rings (SSSR count). The van der Waals surface area contributed by atoms with Gasteiger partial charge in [-0.3, -0.25) is 4.79 Å². The van der Waals surface area contributed by atoms with E-state index in [2.05, 4.69) is 15.5 Å². The van der Waals surface area contributed by atoms with Gasteiger partial charge in [0.25, 0.3) is 0 Å². The Balaban J connectivity index is 1.54. The zero-order valence-corrected chi connectivity index (χ0v) is 14.7. The lowest BCUT2D eigenvalue weighted by atomic mass is 10.2. The lowest BCUT2D eigenvalue weighted by Crippen LogP contribution is -2.32. The first-order chi connectivity index (χ1) is 11.4. The molecule has 24 heavy (non-hydrogen) atoms. The van der Waals surface area contributed by atoms with Crippen LogP contribution in [0.3, 0.4) is 0 Å². The predicted octanol–water partition coefficient (Wildman–Crippen LogP) is 1.16. The number of hydrogen-bond acceptors (Lipinski definition) is 6. The van der Waals surface area contributed by atoms with Crippen molar-refractivity contribution in [3.05, 3.63) is 11.7 Å². The number of sulfonamides is 1. The molecule has 1 saturated heterocycles. The Labute approximate surface area is 142 Å². The first-order valence-electron chi connectivity index (χ1n) is 8.52. The van der Waals surface area contributed by atoms with E-state index in [-0.39, 0.29) is 11.9 Å². The van der Waals surface area contributed by atoms with Gasteiger partial charge in [0, 0.05) is 25.4 Å². The van der Waals surface area contributed by atoms with Crippen LogP contribution in [0.2, 0.25) is 0 Å². The number of carbonyl (C=O) groups excluding carboxylic acids is 1. The summed E-state index contributed by atoms with van der Waals surface area (Å²) < 4.78 is 30.2. The van der Waals surface area contributed by atoms with Crippen molar-refractivity contribution in [1.29, 1.82) is 0 Å². The van der Waals surface area contributed by atoms with Gasteiger partial charge in [-0.2, -0.15) is 9.29 Å². The molecule has 1 aromatic heterocycles. The molecule has 1 aromatic rings. The number of rotatable bonds is 6. The van der Waals surface area contributed by atoms with E-state index in [0.29, 0.717) is 43.6 Å². The summed E-state index contributed by atoms with van der Waals surface area (Å²) in [5, 5.41) is 6.94. The second-order valence-corrected chi connectivity index (χ2v) is 8.56. The molecule has 9 heteroatoms. The minimum absolute atomic E-state index is 0.000258. The van der Waals surface area contributed by atoms with Crippen LogP contribution in [0, 0.1) is 0 Å². The van der Waals surface area contributed by atoms with Crippen LogP contribution in [-0.4, -0.2) is 47.6 Å². The van der Waals surface area contributed by atoms with Crippen LogP contribution in [-0.2, 0) is 21.2 Å². The zero-order valence-electron chi connectivity index (χ0n) is 13.9. The zero-order chi connectivity index (χ0) is 17.2. The van der Waals surface area contributed by atoms with Gasteiger partial charge in [0.2, 0.25) is 21.8 Å². The second kappa shape index (κ2) is 7.18. The van der Waals surface area contributed by atoms with Gasteiger partial charge in [-0.1, -0.05) is 18.0 Å². The number of amides is 1. The Morgan fingerprint density at radius 2 is 2.04 bits per heavy atom. The maximum Gasteiger partial charge on any atom is 0.227 e. The van der Waals surface area contributed by atoms with E-state index in [1.165, 1.54) is 23.4 Å². The molecule has 1 aliphatic carbocycles. The lowest BCUT2D eigenvalue weighted by molar-refractivity contribution is -0.121. The van der Waals surface area contributed by atoms with Crippen molar-refractivity contribution >= 4 is 15.9 Å². The third kappa shape index (κ3) is 4.13. The number of carbonyl (C=O) groups is 1. The summed E-state index contributed by atoms with van der Waals surface area (Å²) >= 11 is 0. The van der Waals surface area contributed by atoms with Gasteiger partial charge in [-0.15, -0.1) is 0 Å². The maximum absolute atomic E-state index is 11.9. The van der Waals surface area contributed by atoms with E-state index >= 15 is 0 Å². The van der Waals surface area contributed by atoms with Crippen molar-refractivity contribution in [3.8, 4) is 0 Å². The van der Waals surface area contributed by atoms with E-state index in [1.807, 2.05) is 0 Å². The maximum atomic E-state index is 11.9.